The van der Waals surface area contributed by atoms with Crippen molar-refractivity contribution >= 4 is 5.82 Å². The van der Waals surface area contributed by atoms with Crippen molar-refractivity contribution in [3.63, 3.8) is 0 Å². The van der Waals surface area contributed by atoms with Crippen molar-refractivity contribution in [3.8, 4) is 0 Å². The first-order valence-corrected chi connectivity index (χ1v) is 7.35. The Hall–Kier alpha value is -1.94. The van der Waals surface area contributed by atoms with Crippen molar-refractivity contribution in [2.45, 2.75) is 32.0 Å². The molecular weight excluding hydrogens is 265 g/mol. The minimum absolute atomic E-state index is 0.170. The van der Waals surface area contributed by atoms with E-state index in [4.69, 9.17) is 0 Å². The van der Waals surface area contributed by atoms with E-state index in [2.05, 4.69) is 16.4 Å². The second-order valence-electron chi connectivity index (χ2n) is 5.62. The van der Waals surface area contributed by atoms with Crippen LogP contribution in [0.25, 0.3) is 0 Å². The Morgan fingerprint density at radius 1 is 1.29 bits per heavy atom. The maximum absolute atomic E-state index is 13.7. The van der Waals surface area contributed by atoms with Gasteiger partial charge in [-0.2, -0.15) is 0 Å². The smallest absolute Gasteiger partial charge is 0.128 e. The second-order valence-corrected chi connectivity index (χ2v) is 5.62. The molecule has 0 amide bonds. The van der Waals surface area contributed by atoms with Gasteiger partial charge in [-0.1, -0.05) is 18.2 Å². The van der Waals surface area contributed by atoms with E-state index in [0.717, 1.165) is 12.4 Å². The molecule has 0 atom stereocenters. The Morgan fingerprint density at radius 2 is 2.10 bits per heavy atom. The van der Waals surface area contributed by atoms with Gasteiger partial charge in [-0.15, -0.1) is 0 Å². The summed E-state index contributed by atoms with van der Waals surface area (Å²) in [5.41, 5.74) is 1.90. The topological polar surface area (TPSA) is 28.2 Å². The fourth-order valence-corrected chi connectivity index (χ4v) is 2.29. The van der Waals surface area contributed by atoms with Crippen LogP contribution in [0.5, 0.6) is 0 Å². The molecule has 0 spiro atoms. The van der Waals surface area contributed by atoms with Gasteiger partial charge in [0.05, 0.1) is 0 Å². The molecule has 3 nitrogen and oxygen atoms in total. The Morgan fingerprint density at radius 3 is 2.86 bits per heavy atom. The summed E-state index contributed by atoms with van der Waals surface area (Å²) in [4.78, 5) is 6.35. The molecule has 21 heavy (non-hydrogen) atoms. The molecule has 0 saturated heterocycles. The van der Waals surface area contributed by atoms with Crippen molar-refractivity contribution in [1.29, 1.82) is 0 Å². The van der Waals surface area contributed by atoms with Crippen LogP contribution in [-0.4, -0.2) is 18.1 Å². The first-order chi connectivity index (χ1) is 10.2. The normalized spacial score (nSPS) is 14.2. The Balaban J connectivity index is 1.67. The molecule has 0 radical (unpaired) electrons. The van der Waals surface area contributed by atoms with Crippen molar-refractivity contribution in [2.24, 2.45) is 0 Å². The molecule has 110 valence electrons. The van der Waals surface area contributed by atoms with Gasteiger partial charge in [-0.25, -0.2) is 9.37 Å². The highest BCUT2D eigenvalue weighted by atomic mass is 19.1. The molecule has 1 heterocycles. The van der Waals surface area contributed by atoms with Crippen LogP contribution < -0.4 is 10.2 Å². The van der Waals surface area contributed by atoms with Crippen LogP contribution in [0.15, 0.2) is 42.6 Å². The number of anilines is 1. The standard InChI is InChI=1S/C17H20FN3/c1-21(12-14-4-2-3-5-16(14)18)17-10-13(8-9-19-17)11-20-15-6-7-15/h2-5,8-10,15,20H,6-7,11-12H2,1H3. The zero-order chi connectivity index (χ0) is 14.7. The van der Waals surface area contributed by atoms with Gasteiger partial charge >= 0.3 is 0 Å². The fourth-order valence-electron chi connectivity index (χ4n) is 2.29. The molecule has 1 saturated carbocycles. The number of benzene rings is 1. The molecule has 1 aromatic carbocycles. The molecule has 1 aromatic heterocycles. The summed E-state index contributed by atoms with van der Waals surface area (Å²) in [5, 5.41) is 3.49. The summed E-state index contributed by atoms with van der Waals surface area (Å²) >= 11 is 0. The van der Waals surface area contributed by atoms with E-state index in [1.54, 1.807) is 6.07 Å². The second kappa shape index (κ2) is 6.22. The summed E-state index contributed by atoms with van der Waals surface area (Å²) in [6.45, 7) is 1.38. The highest BCUT2D eigenvalue weighted by Crippen LogP contribution is 2.20. The minimum Gasteiger partial charge on any atom is -0.355 e. The molecule has 1 N–H and O–H groups in total. The Kier molecular flexibility index (Phi) is 4.15. The molecule has 0 aliphatic heterocycles. The van der Waals surface area contributed by atoms with Gasteiger partial charge in [0.15, 0.2) is 0 Å². The van der Waals surface area contributed by atoms with Crippen molar-refractivity contribution in [3.05, 3.63) is 59.5 Å². The summed E-state index contributed by atoms with van der Waals surface area (Å²) in [6.07, 6.45) is 4.38. The first-order valence-electron chi connectivity index (χ1n) is 7.35. The largest absolute Gasteiger partial charge is 0.355 e. The molecule has 1 aliphatic rings. The third kappa shape index (κ3) is 3.79. The van der Waals surface area contributed by atoms with Crippen molar-refractivity contribution in [1.82, 2.24) is 10.3 Å². The molecule has 3 rings (SSSR count). The zero-order valence-corrected chi connectivity index (χ0v) is 12.2. The monoisotopic (exact) mass is 285 g/mol. The molecule has 0 unspecified atom stereocenters. The van der Waals surface area contributed by atoms with Gasteiger partial charge in [-0.05, 0) is 36.6 Å². The number of hydrogen-bond acceptors (Lipinski definition) is 3. The van der Waals surface area contributed by atoms with Gasteiger partial charge in [0.1, 0.15) is 11.6 Å². The van der Waals surface area contributed by atoms with E-state index in [9.17, 15) is 4.39 Å². The zero-order valence-electron chi connectivity index (χ0n) is 12.2. The first kappa shape index (κ1) is 14.0. The number of rotatable bonds is 6. The van der Waals surface area contributed by atoms with Gasteiger partial charge < -0.3 is 10.2 Å². The molecule has 1 fully saturated rings. The van der Waals surface area contributed by atoms with Gasteiger partial charge in [-0.3, -0.25) is 0 Å². The highest BCUT2D eigenvalue weighted by molar-refractivity contribution is 5.41. The Bertz CT molecular complexity index is 610. The predicted molar refractivity (Wildman–Crippen MR) is 82.6 cm³/mol. The lowest BCUT2D eigenvalue weighted by atomic mass is 10.2. The lowest BCUT2D eigenvalue weighted by Gasteiger charge is -2.19. The van der Waals surface area contributed by atoms with E-state index in [1.165, 1.54) is 24.5 Å². The Labute approximate surface area is 124 Å². The molecule has 0 bridgehead atoms. The molecular formula is C17H20FN3. The number of aromatic nitrogens is 1. The van der Waals surface area contributed by atoms with E-state index >= 15 is 0 Å². The maximum Gasteiger partial charge on any atom is 0.128 e. The third-order valence-electron chi connectivity index (χ3n) is 3.74. The summed E-state index contributed by atoms with van der Waals surface area (Å²) in [6, 6.07) is 11.7. The third-order valence-corrected chi connectivity index (χ3v) is 3.74. The van der Waals surface area contributed by atoms with E-state index in [1.807, 2.05) is 36.3 Å². The van der Waals surface area contributed by atoms with Crippen LogP contribution in [0.4, 0.5) is 10.2 Å². The SMILES string of the molecule is CN(Cc1ccccc1F)c1cc(CNC2CC2)ccn1. The summed E-state index contributed by atoms with van der Waals surface area (Å²) in [7, 11) is 1.94. The minimum atomic E-state index is -0.170. The van der Waals surface area contributed by atoms with Crippen LogP contribution in [0.3, 0.4) is 0 Å². The van der Waals surface area contributed by atoms with Gasteiger partial charge in [0.2, 0.25) is 0 Å². The average Bonchev–Trinajstić information content (AvgIpc) is 3.32. The number of nitrogens with one attached hydrogen (secondary N) is 1. The van der Waals surface area contributed by atoms with Crippen LogP contribution >= 0.6 is 0 Å². The molecule has 2 aromatic rings. The number of halogens is 1. The predicted octanol–water partition coefficient (Wildman–Crippen LogP) is 3.11. The highest BCUT2D eigenvalue weighted by Gasteiger charge is 2.20. The number of pyridine rings is 1. The van der Waals surface area contributed by atoms with Gasteiger partial charge in [0.25, 0.3) is 0 Å². The van der Waals surface area contributed by atoms with Crippen LogP contribution in [0, 0.1) is 5.82 Å². The fraction of sp³-hybridized carbons (Fsp3) is 0.353. The average molecular weight is 285 g/mol. The van der Waals surface area contributed by atoms with E-state index < -0.39 is 0 Å². The van der Waals surface area contributed by atoms with Crippen LogP contribution in [-0.2, 0) is 13.1 Å². The quantitative estimate of drug-likeness (QED) is 0.884. The van der Waals surface area contributed by atoms with Crippen LogP contribution in [0.1, 0.15) is 24.0 Å². The van der Waals surface area contributed by atoms with Crippen molar-refractivity contribution < 1.29 is 4.39 Å². The summed E-state index contributed by atoms with van der Waals surface area (Å²) < 4.78 is 13.7. The van der Waals surface area contributed by atoms with E-state index in [0.29, 0.717) is 18.2 Å². The number of hydrogen-bond donors (Lipinski definition) is 1. The van der Waals surface area contributed by atoms with Crippen LogP contribution in [0.2, 0.25) is 0 Å². The van der Waals surface area contributed by atoms with Gasteiger partial charge in [0, 0.05) is 37.9 Å². The maximum atomic E-state index is 13.7. The van der Waals surface area contributed by atoms with E-state index in [-0.39, 0.29) is 5.82 Å². The summed E-state index contributed by atoms with van der Waals surface area (Å²) in [5.74, 6) is 0.698. The number of nitrogens with zero attached hydrogens (tertiary/aromatic N) is 2. The molecule has 4 heteroatoms. The molecule has 1 aliphatic carbocycles. The lowest BCUT2D eigenvalue weighted by molar-refractivity contribution is 0.607. The van der Waals surface area contributed by atoms with Crippen molar-refractivity contribution in [2.75, 3.05) is 11.9 Å². The lowest BCUT2D eigenvalue weighted by Crippen LogP contribution is -2.20.